The number of para-hydroxylation sites is 1. The van der Waals surface area contributed by atoms with Crippen molar-refractivity contribution >= 4 is 63.9 Å². The van der Waals surface area contributed by atoms with E-state index in [4.69, 9.17) is 23.2 Å². The lowest BCUT2D eigenvalue weighted by Gasteiger charge is -2.30. The number of benzene rings is 2. The highest BCUT2D eigenvalue weighted by Gasteiger charge is 2.36. The fourth-order valence-corrected chi connectivity index (χ4v) is 6.39. The lowest BCUT2D eigenvalue weighted by Crippen LogP contribution is -2.35. The van der Waals surface area contributed by atoms with E-state index < -0.39 is 0 Å². The van der Waals surface area contributed by atoms with Gasteiger partial charge in [0.25, 0.3) is 5.91 Å². The highest BCUT2D eigenvalue weighted by Crippen LogP contribution is 2.40. The predicted molar refractivity (Wildman–Crippen MR) is 143 cm³/mol. The Bertz CT molecular complexity index is 1400. The lowest BCUT2D eigenvalue weighted by atomic mass is 10.1. The number of amides is 1. The maximum atomic E-state index is 13.2. The largest absolute Gasteiger partial charge is 0.392 e. The second-order valence-corrected chi connectivity index (χ2v) is 10.6. The van der Waals surface area contributed by atoms with E-state index in [9.17, 15) is 9.90 Å². The monoisotopic (exact) mass is 540 g/mol. The Morgan fingerprint density at radius 1 is 1.19 bits per heavy atom. The zero-order valence-electron chi connectivity index (χ0n) is 19.3. The first-order chi connectivity index (χ1) is 17.4. The van der Waals surface area contributed by atoms with Crippen LogP contribution < -0.4 is 15.1 Å². The Labute approximate surface area is 222 Å². The fourth-order valence-electron chi connectivity index (χ4n) is 4.84. The molecule has 1 atom stereocenters. The molecule has 4 heterocycles. The minimum Gasteiger partial charge on any atom is -0.392 e. The molecule has 36 heavy (non-hydrogen) atoms. The molecule has 1 aromatic heterocycles. The minimum atomic E-state index is -0.253. The van der Waals surface area contributed by atoms with E-state index >= 15 is 0 Å². The van der Waals surface area contributed by atoms with E-state index in [-0.39, 0.29) is 12.5 Å². The average Bonchev–Trinajstić information content (AvgIpc) is 3.45. The number of hydrogen-bond acceptors (Lipinski definition) is 8. The van der Waals surface area contributed by atoms with Crippen LogP contribution in [-0.2, 0) is 6.61 Å². The first-order valence-corrected chi connectivity index (χ1v) is 13.1. The highest BCUT2D eigenvalue weighted by molar-refractivity contribution is 7.99. The van der Waals surface area contributed by atoms with Crippen molar-refractivity contribution in [1.29, 1.82) is 0 Å². The van der Waals surface area contributed by atoms with Crippen LogP contribution in [0.5, 0.6) is 0 Å². The van der Waals surface area contributed by atoms with Crippen LogP contribution in [-0.4, -0.2) is 51.4 Å². The molecule has 0 radical (unpaired) electrons. The zero-order chi connectivity index (χ0) is 25.0. The summed E-state index contributed by atoms with van der Waals surface area (Å²) in [5, 5.41) is 14.7. The lowest BCUT2D eigenvalue weighted by molar-refractivity contribution is 0.0985. The van der Waals surface area contributed by atoms with Gasteiger partial charge in [0.2, 0.25) is 5.95 Å². The van der Waals surface area contributed by atoms with Crippen molar-refractivity contribution < 1.29 is 9.90 Å². The predicted octanol–water partition coefficient (Wildman–Crippen LogP) is 5.09. The van der Waals surface area contributed by atoms with Crippen molar-refractivity contribution in [3.8, 4) is 0 Å². The van der Waals surface area contributed by atoms with Crippen LogP contribution in [0.3, 0.4) is 0 Å². The molecule has 3 aromatic rings. The number of hydrogen-bond donors (Lipinski definition) is 2. The van der Waals surface area contributed by atoms with Gasteiger partial charge in [0.15, 0.2) is 0 Å². The van der Waals surface area contributed by atoms with Crippen LogP contribution in [0, 0.1) is 0 Å². The third kappa shape index (κ3) is 3.96. The summed E-state index contributed by atoms with van der Waals surface area (Å²) in [7, 11) is 2.10. The van der Waals surface area contributed by atoms with Crippen LogP contribution in [0.4, 0.5) is 23.0 Å². The van der Waals surface area contributed by atoms with Crippen molar-refractivity contribution in [3.05, 3.63) is 75.7 Å². The Morgan fingerprint density at radius 2 is 2.00 bits per heavy atom. The molecular weight excluding hydrogens is 519 g/mol. The standard InChI is InChI=1S/C25H22Cl2N6O2S/c1-31-10-17-8-16(31)11-32(17)21-6-5-15(7-14(21)12-34)29-25-28-9-18-23(30-25)36-13-33(24(18)35)22-19(26)3-2-4-20(22)27/h2-7,9-10,16,34H,8,11-13H2,1H3,(H,28,29,30). The number of fused-ring (bicyclic) bond motifs is 3. The van der Waals surface area contributed by atoms with Crippen LogP contribution >= 0.6 is 35.0 Å². The van der Waals surface area contributed by atoms with Crippen molar-refractivity contribution in [2.24, 2.45) is 0 Å². The molecule has 0 spiro atoms. The van der Waals surface area contributed by atoms with Gasteiger partial charge in [0.05, 0.1) is 39.8 Å². The first-order valence-electron chi connectivity index (χ1n) is 11.4. The molecule has 1 fully saturated rings. The van der Waals surface area contributed by atoms with Crippen molar-refractivity contribution in [1.82, 2.24) is 14.9 Å². The third-order valence-corrected chi connectivity index (χ3v) is 8.26. The van der Waals surface area contributed by atoms with Gasteiger partial charge < -0.3 is 20.2 Å². The van der Waals surface area contributed by atoms with Crippen LogP contribution in [0.25, 0.3) is 0 Å². The molecule has 184 valence electrons. The number of thioether (sulfide) groups is 1. The van der Waals surface area contributed by atoms with Gasteiger partial charge in [-0.1, -0.05) is 41.0 Å². The third-order valence-electron chi connectivity index (χ3n) is 6.68. The summed E-state index contributed by atoms with van der Waals surface area (Å²) >= 11 is 14.0. The van der Waals surface area contributed by atoms with Crippen LogP contribution in [0.1, 0.15) is 22.3 Å². The maximum absolute atomic E-state index is 13.2. The molecule has 2 bridgehead atoms. The summed E-state index contributed by atoms with van der Waals surface area (Å²) < 4.78 is 0. The Balaban J connectivity index is 1.23. The van der Waals surface area contributed by atoms with Crippen molar-refractivity contribution in [2.45, 2.75) is 24.1 Å². The number of aliphatic hydroxyl groups is 1. The summed E-state index contributed by atoms with van der Waals surface area (Å²) in [4.78, 5) is 28.2. The van der Waals surface area contributed by atoms with Gasteiger partial charge in [-0.2, -0.15) is 0 Å². The Kier molecular flexibility index (Phi) is 5.95. The number of halogens is 2. The van der Waals surface area contributed by atoms with Crippen LogP contribution in [0.15, 0.2) is 59.5 Å². The van der Waals surface area contributed by atoms with Crippen molar-refractivity contribution in [3.63, 3.8) is 0 Å². The molecule has 11 heteroatoms. The van der Waals surface area contributed by atoms with Gasteiger partial charge in [-0.3, -0.25) is 9.69 Å². The fraction of sp³-hybridized carbons (Fsp3) is 0.240. The number of anilines is 4. The van der Waals surface area contributed by atoms with E-state index in [2.05, 4.69) is 38.3 Å². The molecule has 2 aromatic carbocycles. The van der Waals surface area contributed by atoms with Crippen molar-refractivity contribution in [2.75, 3.05) is 34.6 Å². The topological polar surface area (TPSA) is 84.8 Å². The summed E-state index contributed by atoms with van der Waals surface area (Å²) in [6.07, 6.45) is 4.71. The van der Waals surface area contributed by atoms with Gasteiger partial charge in [0.1, 0.15) is 5.03 Å². The summed E-state index contributed by atoms with van der Waals surface area (Å²) in [5.41, 5.74) is 4.74. The number of aliphatic hydroxyl groups excluding tert-OH is 1. The minimum absolute atomic E-state index is 0.0784. The Hall–Kier alpha value is -2.98. The molecule has 0 aliphatic carbocycles. The second kappa shape index (κ2) is 9.15. The summed E-state index contributed by atoms with van der Waals surface area (Å²) in [5.74, 6) is 0.452. The smallest absolute Gasteiger partial charge is 0.263 e. The average molecular weight is 541 g/mol. The Morgan fingerprint density at radius 3 is 2.69 bits per heavy atom. The van der Waals surface area contributed by atoms with Gasteiger partial charge in [-0.15, -0.1) is 0 Å². The molecule has 8 nitrogen and oxygen atoms in total. The molecule has 3 aliphatic rings. The molecule has 0 saturated carbocycles. The van der Waals surface area contributed by atoms with E-state index in [0.29, 0.717) is 44.2 Å². The molecule has 6 rings (SSSR count). The number of carbonyl (C=O) groups is 1. The van der Waals surface area contributed by atoms with Gasteiger partial charge in [-0.05, 0) is 30.3 Å². The SMILES string of the molecule is CN1C=C2CC1CN2c1ccc(Nc2ncc3c(n2)SCN(c2c(Cl)cccc2Cl)C3=O)cc1CO. The molecule has 1 saturated heterocycles. The van der Waals surface area contributed by atoms with E-state index in [1.165, 1.54) is 23.7 Å². The zero-order valence-corrected chi connectivity index (χ0v) is 21.6. The quantitative estimate of drug-likeness (QED) is 0.432. The first kappa shape index (κ1) is 23.4. The number of nitrogens with one attached hydrogen (secondary N) is 1. The van der Waals surface area contributed by atoms with E-state index in [1.807, 2.05) is 18.2 Å². The van der Waals surface area contributed by atoms with Gasteiger partial charge >= 0.3 is 0 Å². The molecule has 2 N–H and O–H groups in total. The molecule has 3 aliphatic heterocycles. The van der Waals surface area contributed by atoms with Gasteiger partial charge in [0, 0.05) is 55.0 Å². The van der Waals surface area contributed by atoms with E-state index in [1.54, 1.807) is 23.1 Å². The molecule has 1 unspecified atom stereocenters. The number of aromatic nitrogens is 2. The summed E-state index contributed by atoms with van der Waals surface area (Å²) in [6, 6.07) is 11.5. The molecule has 1 amide bonds. The van der Waals surface area contributed by atoms with Crippen LogP contribution in [0.2, 0.25) is 10.0 Å². The van der Waals surface area contributed by atoms with Gasteiger partial charge in [-0.25, -0.2) is 9.97 Å². The number of likely N-dealkylation sites (N-methyl/N-ethyl adjacent to an activating group) is 1. The number of rotatable bonds is 5. The molecular formula is C25H22Cl2N6O2S. The highest BCUT2D eigenvalue weighted by atomic mass is 35.5. The normalized spacial score (nSPS) is 18.6. The van der Waals surface area contributed by atoms with E-state index in [0.717, 1.165) is 29.9 Å². The maximum Gasteiger partial charge on any atom is 0.263 e. The number of nitrogens with zero attached hydrogens (tertiary/aromatic N) is 5. The second-order valence-electron chi connectivity index (χ2n) is 8.87. The number of carbonyl (C=O) groups excluding carboxylic acids is 1. The summed E-state index contributed by atoms with van der Waals surface area (Å²) in [6.45, 7) is 0.836.